The Bertz CT molecular complexity index is 1010. The summed E-state index contributed by atoms with van der Waals surface area (Å²) in [5, 5.41) is 8.85. The maximum absolute atomic E-state index is 13.9. The van der Waals surface area contributed by atoms with E-state index in [1.807, 2.05) is 0 Å². The summed E-state index contributed by atoms with van der Waals surface area (Å²) in [6, 6.07) is 5.81. The summed E-state index contributed by atoms with van der Waals surface area (Å²) in [5.74, 6) is -2.52. The van der Waals surface area contributed by atoms with Crippen LogP contribution < -0.4 is 10.6 Å². The zero-order chi connectivity index (χ0) is 20.1. The fourth-order valence-corrected chi connectivity index (χ4v) is 2.36. The van der Waals surface area contributed by atoms with Crippen molar-refractivity contribution in [2.45, 2.75) is 6.54 Å². The van der Waals surface area contributed by atoms with Crippen LogP contribution in [0.4, 0.5) is 19.3 Å². The van der Waals surface area contributed by atoms with Crippen molar-refractivity contribution in [3.05, 3.63) is 71.7 Å². The average Bonchev–Trinajstić information content (AvgIpc) is 3.23. The Morgan fingerprint density at radius 2 is 2.00 bits per heavy atom. The third-order valence-electron chi connectivity index (χ3n) is 3.71. The second-order valence-corrected chi connectivity index (χ2v) is 5.58. The van der Waals surface area contributed by atoms with Crippen LogP contribution in [0.1, 0.15) is 15.9 Å². The van der Waals surface area contributed by atoms with E-state index >= 15 is 0 Å². The van der Waals surface area contributed by atoms with E-state index in [1.54, 1.807) is 41.5 Å². The maximum Gasteiger partial charge on any atom is 0.340 e. The first-order chi connectivity index (χ1) is 13.5. The molecular formula is C18H15F2N5O3. The molecule has 28 heavy (non-hydrogen) atoms. The predicted octanol–water partition coefficient (Wildman–Crippen LogP) is 2.65. The molecule has 2 heterocycles. The molecule has 0 radical (unpaired) electrons. The van der Waals surface area contributed by atoms with Crippen LogP contribution in [0.3, 0.4) is 0 Å². The molecule has 2 aromatic heterocycles. The number of carbonyl (C=O) groups is 2. The first kappa shape index (κ1) is 19.0. The van der Waals surface area contributed by atoms with Crippen LogP contribution in [0.25, 0.3) is 5.82 Å². The van der Waals surface area contributed by atoms with Gasteiger partial charge in [-0.1, -0.05) is 0 Å². The minimum atomic E-state index is -1.08. The van der Waals surface area contributed by atoms with E-state index in [-0.39, 0.29) is 12.2 Å². The monoisotopic (exact) mass is 387 g/mol. The lowest BCUT2D eigenvalue weighted by Gasteiger charge is -2.11. The van der Waals surface area contributed by atoms with E-state index in [0.29, 0.717) is 11.9 Å². The lowest BCUT2D eigenvalue weighted by molar-refractivity contribution is 0.0595. The van der Waals surface area contributed by atoms with Gasteiger partial charge in [-0.2, -0.15) is 5.10 Å². The summed E-state index contributed by atoms with van der Waals surface area (Å²) in [4.78, 5) is 27.7. The van der Waals surface area contributed by atoms with Crippen LogP contribution in [0.15, 0.2) is 48.9 Å². The number of pyridine rings is 1. The molecule has 0 atom stereocenters. The molecule has 0 unspecified atom stereocenters. The Morgan fingerprint density at radius 1 is 1.18 bits per heavy atom. The summed E-state index contributed by atoms with van der Waals surface area (Å²) in [6.07, 6.45) is 4.90. The standard InChI is InChI=1S/C18H15F2N5O3/c1-28-17(26)12-8-15(14(20)9-13(12)19)24-18(27)22-10-11-3-5-21-16(7-11)25-6-2-4-23-25/h2-9H,10H2,1H3,(H2,22,24,27). The van der Waals surface area contributed by atoms with E-state index in [1.165, 1.54) is 0 Å². The van der Waals surface area contributed by atoms with Gasteiger partial charge in [0.25, 0.3) is 0 Å². The number of rotatable bonds is 5. The zero-order valence-electron chi connectivity index (χ0n) is 14.6. The molecule has 0 bridgehead atoms. The van der Waals surface area contributed by atoms with Crippen molar-refractivity contribution < 1.29 is 23.1 Å². The Balaban J connectivity index is 1.67. The molecule has 0 fully saturated rings. The molecule has 2 N–H and O–H groups in total. The highest BCUT2D eigenvalue weighted by Gasteiger charge is 2.17. The van der Waals surface area contributed by atoms with E-state index in [2.05, 4.69) is 25.5 Å². The molecule has 3 rings (SSSR count). The molecule has 10 heteroatoms. The molecule has 2 amide bonds. The van der Waals surface area contributed by atoms with Gasteiger partial charge < -0.3 is 15.4 Å². The van der Waals surface area contributed by atoms with Gasteiger partial charge in [0, 0.05) is 31.2 Å². The minimum absolute atomic E-state index is 0.120. The molecule has 3 aromatic rings. The summed E-state index contributed by atoms with van der Waals surface area (Å²) in [6.45, 7) is 0.120. The van der Waals surface area contributed by atoms with Crippen molar-refractivity contribution in [2.24, 2.45) is 0 Å². The van der Waals surface area contributed by atoms with Gasteiger partial charge in [0.05, 0.1) is 18.4 Å². The largest absolute Gasteiger partial charge is 0.465 e. The van der Waals surface area contributed by atoms with Crippen molar-refractivity contribution >= 4 is 17.7 Å². The third kappa shape index (κ3) is 4.29. The number of hydrogen-bond acceptors (Lipinski definition) is 5. The first-order valence-corrected chi connectivity index (χ1v) is 8.05. The number of urea groups is 1. The fourth-order valence-electron chi connectivity index (χ4n) is 2.36. The van der Waals surface area contributed by atoms with Gasteiger partial charge >= 0.3 is 12.0 Å². The molecular weight excluding hydrogens is 372 g/mol. The molecule has 0 saturated carbocycles. The fraction of sp³-hybridized carbons (Fsp3) is 0.111. The van der Waals surface area contributed by atoms with Crippen LogP contribution in [0.2, 0.25) is 0 Å². The highest BCUT2D eigenvalue weighted by molar-refractivity contribution is 5.94. The molecule has 0 aliphatic rings. The Labute approximate surface area is 158 Å². The summed E-state index contributed by atoms with van der Waals surface area (Å²) >= 11 is 0. The van der Waals surface area contributed by atoms with E-state index in [9.17, 15) is 18.4 Å². The van der Waals surface area contributed by atoms with Crippen LogP contribution >= 0.6 is 0 Å². The summed E-state index contributed by atoms with van der Waals surface area (Å²) in [7, 11) is 1.07. The lowest BCUT2D eigenvalue weighted by Crippen LogP contribution is -2.28. The lowest BCUT2D eigenvalue weighted by atomic mass is 10.2. The van der Waals surface area contributed by atoms with E-state index in [4.69, 9.17) is 0 Å². The SMILES string of the molecule is COC(=O)c1cc(NC(=O)NCc2ccnc(-n3cccn3)c2)c(F)cc1F. The number of benzene rings is 1. The van der Waals surface area contributed by atoms with Gasteiger partial charge in [0.2, 0.25) is 0 Å². The molecule has 0 saturated heterocycles. The maximum atomic E-state index is 13.9. The van der Waals surface area contributed by atoms with Crippen LogP contribution in [-0.2, 0) is 11.3 Å². The second kappa shape index (κ2) is 8.25. The van der Waals surface area contributed by atoms with E-state index < -0.39 is 29.2 Å². The van der Waals surface area contributed by atoms with Crippen LogP contribution in [0.5, 0.6) is 0 Å². The number of halogens is 2. The molecule has 8 nitrogen and oxygen atoms in total. The van der Waals surface area contributed by atoms with Gasteiger partial charge in [-0.05, 0) is 29.8 Å². The van der Waals surface area contributed by atoms with Gasteiger partial charge in [0.15, 0.2) is 5.82 Å². The molecule has 0 aliphatic carbocycles. The smallest absolute Gasteiger partial charge is 0.340 e. The average molecular weight is 387 g/mol. The highest BCUT2D eigenvalue weighted by Crippen LogP contribution is 2.20. The van der Waals surface area contributed by atoms with E-state index in [0.717, 1.165) is 18.7 Å². The molecule has 0 aliphatic heterocycles. The van der Waals surface area contributed by atoms with Crippen molar-refractivity contribution in [1.29, 1.82) is 0 Å². The van der Waals surface area contributed by atoms with Crippen LogP contribution in [0, 0.1) is 11.6 Å². The number of hydrogen-bond donors (Lipinski definition) is 2. The quantitative estimate of drug-likeness (QED) is 0.656. The van der Waals surface area contributed by atoms with Gasteiger partial charge in [-0.15, -0.1) is 0 Å². The number of nitrogens with zero attached hydrogens (tertiary/aromatic N) is 3. The Kier molecular flexibility index (Phi) is 5.58. The highest BCUT2D eigenvalue weighted by atomic mass is 19.1. The van der Waals surface area contributed by atoms with Crippen molar-refractivity contribution in [3.63, 3.8) is 0 Å². The molecule has 1 aromatic carbocycles. The number of carbonyl (C=O) groups excluding carboxylic acids is 2. The van der Waals surface area contributed by atoms with Crippen molar-refractivity contribution in [2.75, 3.05) is 12.4 Å². The zero-order valence-corrected chi connectivity index (χ0v) is 14.6. The normalized spacial score (nSPS) is 10.4. The topological polar surface area (TPSA) is 98.1 Å². The number of amides is 2. The number of anilines is 1. The Hall–Kier alpha value is -3.82. The number of nitrogens with one attached hydrogen (secondary N) is 2. The molecule has 0 spiro atoms. The molecule has 144 valence electrons. The number of ether oxygens (including phenoxy) is 1. The summed E-state index contributed by atoms with van der Waals surface area (Å²) in [5.41, 5.74) is -0.117. The minimum Gasteiger partial charge on any atom is -0.465 e. The number of aromatic nitrogens is 3. The first-order valence-electron chi connectivity index (χ1n) is 8.05. The van der Waals surface area contributed by atoms with Crippen LogP contribution in [-0.4, -0.2) is 33.9 Å². The predicted molar refractivity (Wildman–Crippen MR) is 94.9 cm³/mol. The third-order valence-corrected chi connectivity index (χ3v) is 3.71. The number of methoxy groups -OCH3 is 1. The van der Waals surface area contributed by atoms with Gasteiger partial charge in [-0.3, -0.25) is 0 Å². The number of esters is 1. The second-order valence-electron chi connectivity index (χ2n) is 5.58. The summed E-state index contributed by atoms with van der Waals surface area (Å²) < 4.78 is 33.5. The van der Waals surface area contributed by atoms with Gasteiger partial charge in [0.1, 0.15) is 11.6 Å². The van der Waals surface area contributed by atoms with Gasteiger partial charge in [-0.25, -0.2) is 28.0 Å². The van der Waals surface area contributed by atoms with Crippen molar-refractivity contribution in [1.82, 2.24) is 20.1 Å². The Morgan fingerprint density at radius 3 is 2.71 bits per heavy atom. The van der Waals surface area contributed by atoms with Crippen molar-refractivity contribution in [3.8, 4) is 5.82 Å².